The number of benzene rings is 3. The van der Waals surface area contributed by atoms with Gasteiger partial charge in [0.15, 0.2) is 0 Å². The van der Waals surface area contributed by atoms with E-state index in [1.807, 2.05) is 60.7 Å². The van der Waals surface area contributed by atoms with Crippen molar-refractivity contribution < 1.29 is 4.79 Å². The van der Waals surface area contributed by atoms with Gasteiger partial charge in [-0.25, -0.2) is 4.99 Å². The van der Waals surface area contributed by atoms with Crippen molar-refractivity contribution in [2.24, 2.45) is 4.99 Å². The molecule has 0 bridgehead atoms. The van der Waals surface area contributed by atoms with Crippen LogP contribution in [0.3, 0.4) is 0 Å². The van der Waals surface area contributed by atoms with E-state index in [9.17, 15) is 4.79 Å². The Morgan fingerprint density at radius 3 is 2.62 bits per heavy atom. The molecule has 1 unspecified atom stereocenters. The first-order valence-corrected chi connectivity index (χ1v) is 11.4. The Kier molecular flexibility index (Phi) is 5.54. The van der Waals surface area contributed by atoms with Gasteiger partial charge < -0.3 is 9.88 Å². The molecule has 5 heteroatoms. The van der Waals surface area contributed by atoms with E-state index in [4.69, 9.17) is 16.6 Å². The smallest absolute Gasteiger partial charge is 0.247 e. The van der Waals surface area contributed by atoms with Crippen LogP contribution >= 0.6 is 11.6 Å². The van der Waals surface area contributed by atoms with Gasteiger partial charge in [0.25, 0.3) is 0 Å². The van der Waals surface area contributed by atoms with E-state index in [1.165, 1.54) is 0 Å². The zero-order chi connectivity index (χ0) is 22.1. The predicted octanol–water partition coefficient (Wildman–Crippen LogP) is 4.89. The molecular formula is C27H24ClN3O. The van der Waals surface area contributed by atoms with Gasteiger partial charge in [-0.15, -0.1) is 0 Å². The standard InChI is InChI=1S/C27H24ClN3O/c1-2-3-16-29-27(32)25-21-9-4-6-10-23(21)30-26-22(17-18-12-14-19(28)15-13-18)20-8-5-7-11-24(20)31(25)26/h4-15,17,25H,2-3,16H2,1H3,(H,29,32)/b22-17-. The maximum Gasteiger partial charge on any atom is 0.247 e. The minimum absolute atomic E-state index is 0.000783. The number of halogens is 1. The Morgan fingerprint density at radius 2 is 1.81 bits per heavy atom. The van der Waals surface area contributed by atoms with Crippen molar-refractivity contribution in [1.82, 2.24) is 9.88 Å². The molecular weight excluding hydrogens is 418 g/mol. The monoisotopic (exact) mass is 441 g/mol. The fourth-order valence-corrected chi connectivity index (χ4v) is 4.46. The van der Waals surface area contributed by atoms with Crippen LogP contribution in [0.2, 0.25) is 5.02 Å². The molecule has 1 aliphatic rings. The molecule has 0 spiro atoms. The van der Waals surface area contributed by atoms with Gasteiger partial charge in [-0.1, -0.05) is 73.5 Å². The molecule has 1 amide bonds. The van der Waals surface area contributed by atoms with Crippen molar-refractivity contribution >= 4 is 40.2 Å². The highest BCUT2D eigenvalue weighted by Crippen LogP contribution is 2.32. The topological polar surface area (TPSA) is 46.4 Å². The zero-order valence-electron chi connectivity index (χ0n) is 17.9. The average Bonchev–Trinajstić information content (AvgIpc) is 3.12. The molecule has 0 saturated carbocycles. The molecule has 160 valence electrons. The van der Waals surface area contributed by atoms with Crippen molar-refractivity contribution in [3.8, 4) is 0 Å². The lowest BCUT2D eigenvalue weighted by Gasteiger charge is -2.24. The number of hydrogen-bond acceptors (Lipinski definition) is 2. The SMILES string of the molecule is CCCCNC(=O)C1c2ccccc2N=c2/c(=C\c3ccc(Cl)cc3)c3ccccc3n21. The minimum atomic E-state index is -0.465. The van der Waals surface area contributed by atoms with Crippen LogP contribution in [0.1, 0.15) is 36.9 Å². The first-order chi connectivity index (χ1) is 15.7. The van der Waals surface area contributed by atoms with Gasteiger partial charge in [0.2, 0.25) is 5.91 Å². The van der Waals surface area contributed by atoms with Gasteiger partial charge in [0.1, 0.15) is 11.5 Å². The molecule has 3 aromatic carbocycles. The number of para-hydroxylation sites is 2. The van der Waals surface area contributed by atoms with Crippen LogP contribution in [0.4, 0.5) is 5.69 Å². The average molecular weight is 442 g/mol. The Labute approximate surface area is 191 Å². The summed E-state index contributed by atoms with van der Waals surface area (Å²) in [5.41, 5.74) is 4.59. The molecule has 1 atom stereocenters. The second-order valence-electron chi connectivity index (χ2n) is 8.04. The second-order valence-corrected chi connectivity index (χ2v) is 8.47. The molecule has 0 fully saturated rings. The molecule has 0 aliphatic carbocycles. The summed E-state index contributed by atoms with van der Waals surface area (Å²) in [6.07, 6.45) is 4.11. The third-order valence-electron chi connectivity index (χ3n) is 5.90. The maximum atomic E-state index is 13.4. The molecule has 32 heavy (non-hydrogen) atoms. The molecule has 0 radical (unpaired) electrons. The molecule has 4 aromatic rings. The third kappa shape index (κ3) is 3.61. The van der Waals surface area contributed by atoms with E-state index >= 15 is 0 Å². The molecule has 1 aliphatic heterocycles. The lowest BCUT2D eigenvalue weighted by atomic mass is 10.0. The van der Waals surface area contributed by atoms with Crippen LogP contribution in [0, 0.1) is 0 Å². The molecule has 0 saturated heterocycles. The summed E-state index contributed by atoms with van der Waals surface area (Å²) < 4.78 is 2.08. The lowest BCUT2D eigenvalue weighted by molar-refractivity contribution is -0.123. The van der Waals surface area contributed by atoms with Crippen LogP contribution in [-0.2, 0) is 4.79 Å². The summed E-state index contributed by atoms with van der Waals surface area (Å²) in [5.74, 6) is 0.000783. The number of nitrogens with zero attached hydrogens (tertiary/aromatic N) is 2. The van der Waals surface area contributed by atoms with Gasteiger partial charge in [-0.2, -0.15) is 0 Å². The highest BCUT2D eigenvalue weighted by Gasteiger charge is 2.30. The largest absolute Gasteiger partial charge is 0.354 e. The fraction of sp³-hybridized carbons (Fsp3) is 0.185. The Morgan fingerprint density at radius 1 is 1.06 bits per heavy atom. The summed E-state index contributed by atoms with van der Waals surface area (Å²) >= 11 is 6.09. The number of hydrogen-bond donors (Lipinski definition) is 1. The summed E-state index contributed by atoms with van der Waals surface area (Å²) in [4.78, 5) is 18.5. The first kappa shape index (κ1) is 20.5. The normalized spacial score (nSPS) is 15.2. The summed E-state index contributed by atoms with van der Waals surface area (Å²) in [7, 11) is 0. The number of carbonyl (C=O) groups excluding carboxylic acids is 1. The number of amides is 1. The van der Waals surface area contributed by atoms with Crippen LogP contribution in [0.15, 0.2) is 77.8 Å². The van der Waals surface area contributed by atoms with Gasteiger partial charge >= 0.3 is 0 Å². The fourth-order valence-electron chi connectivity index (χ4n) is 4.34. The van der Waals surface area contributed by atoms with Crippen LogP contribution in [0.25, 0.3) is 17.0 Å². The van der Waals surface area contributed by atoms with Gasteiger partial charge in [-0.05, 0) is 42.3 Å². The second kappa shape index (κ2) is 8.64. The summed E-state index contributed by atoms with van der Waals surface area (Å²) in [6.45, 7) is 2.79. The van der Waals surface area contributed by atoms with E-state index in [-0.39, 0.29) is 5.91 Å². The Hall–Kier alpha value is -3.37. The summed E-state index contributed by atoms with van der Waals surface area (Å²) in [5, 5.41) is 5.91. The van der Waals surface area contributed by atoms with E-state index < -0.39 is 6.04 Å². The number of aromatic nitrogens is 1. The number of unbranched alkanes of at least 4 members (excludes halogenated alkanes) is 1. The van der Waals surface area contributed by atoms with Crippen LogP contribution in [-0.4, -0.2) is 17.0 Å². The molecule has 4 nitrogen and oxygen atoms in total. The van der Waals surface area contributed by atoms with Crippen molar-refractivity contribution in [2.75, 3.05) is 6.54 Å². The number of rotatable bonds is 5. The van der Waals surface area contributed by atoms with Crippen LogP contribution in [0.5, 0.6) is 0 Å². The number of fused-ring (bicyclic) bond motifs is 4. The van der Waals surface area contributed by atoms with E-state index in [2.05, 4.69) is 35.0 Å². The highest BCUT2D eigenvalue weighted by molar-refractivity contribution is 6.30. The molecule has 5 rings (SSSR count). The van der Waals surface area contributed by atoms with Gasteiger partial charge in [-0.3, -0.25) is 4.79 Å². The molecule has 1 aromatic heterocycles. The maximum absolute atomic E-state index is 13.4. The highest BCUT2D eigenvalue weighted by atomic mass is 35.5. The Balaban J connectivity index is 1.79. The third-order valence-corrected chi connectivity index (χ3v) is 6.15. The molecule has 1 N–H and O–H groups in total. The van der Waals surface area contributed by atoms with Crippen LogP contribution < -0.4 is 16.0 Å². The van der Waals surface area contributed by atoms with Crippen molar-refractivity contribution in [1.29, 1.82) is 0 Å². The van der Waals surface area contributed by atoms with E-state index in [0.29, 0.717) is 11.6 Å². The molecule has 2 heterocycles. The predicted molar refractivity (Wildman–Crippen MR) is 130 cm³/mol. The first-order valence-electron chi connectivity index (χ1n) is 11.0. The van der Waals surface area contributed by atoms with E-state index in [1.54, 1.807) is 0 Å². The van der Waals surface area contributed by atoms with Crippen molar-refractivity contribution in [2.45, 2.75) is 25.8 Å². The van der Waals surface area contributed by atoms with E-state index in [0.717, 1.165) is 51.3 Å². The van der Waals surface area contributed by atoms with Gasteiger partial charge in [0.05, 0.1) is 11.2 Å². The summed E-state index contributed by atoms with van der Waals surface area (Å²) in [6, 6.07) is 23.4. The minimum Gasteiger partial charge on any atom is -0.354 e. The van der Waals surface area contributed by atoms with Gasteiger partial charge in [0, 0.05) is 27.7 Å². The lowest BCUT2D eigenvalue weighted by Crippen LogP contribution is -2.42. The van der Waals surface area contributed by atoms with Crippen molar-refractivity contribution in [3.05, 3.63) is 99.7 Å². The number of carbonyl (C=O) groups is 1. The quantitative estimate of drug-likeness (QED) is 0.440. The Bertz CT molecular complexity index is 1420. The zero-order valence-corrected chi connectivity index (χ0v) is 18.6. The van der Waals surface area contributed by atoms with Crippen molar-refractivity contribution in [3.63, 3.8) is 0 Å². The number of nitrogens with one attached hydrogen (secondary N) is 1.